The molecule has 0 saturated carbocycles. The number of hydrogen-bond donors (Lipinski definition) is 1. The third-order valence-corrected chi connectivity index (χ3v) is 3.43. The fraction of sp³-hybridized carbons (Fsp3) is 0.444. The van der Waals surface area contributed by atoms with Gasteiger partial charge in [0.1, 0.15) is 5.01 Å². The Kier molecular flexibility index (Phi) is 2.44. The average molecular weight is 223 g/mol. The fourth-order valence-electron chi connectivity index (χ4n) is 1.26. The van der Waals surface area contributed by atoms with Crippen LogP contribution in [-0.2, 0) is 6.54 Å². The molecule has 0 amide bonds. The lowest BCUT2D eigenvalue weighted by Gasteiger charge is -1.98. The molecule has 0 unspecified atom stereocenters. The van der Waals surface area contributed by atoms with Crippen molar-refractivity contribution in [3.8, 4) is 0 Å². The number of aryl methyl sites for hydroxylation is 2. The summed E-state index contributed by atoms with van der Waals surface area (Å²) in [7, 11) is 0. The van der Waals surface area contributed by atoms with Gasteiger partial charge < -0.3 is 5.73 Å². The number of aromatic nitrogens is 4. The van der Waals surface area contributed by atoms with Gasteiger partial charge in [-0.05, 0) is 20.8 Å². The second kappa shape index (κ2) is 3.62. The van der Waals surface area contributed by atoms with Crippen molar-refractivity contribution in [2.75, 3.05) is 5.73 Å². The van der Waals surface area contributed by atoms with Crippen LogP contribution in [0.25, 0.3) is 0 Å². The molecule has 0 radical (unpaired) electrons. The Balaban J connectivity index is 2.25. The Morgan fingerprint density at radius 3 is 2.53 bits per heavy atom. The lowest BCUT2D eigenvalue weighted by Crippen LogP contribution is -2.04. The van der Waals surface area contributed by atoms with Gasteiger partial charge in [-0.25, -0.2) is 9.67 Å². The molecule has 0 fully saturated rings. The van der Waals surface area contributed by atoms with E-state index in [1.54, 1.807) is 16.0 Å². The summed E-state index contributed by atoms with van der Waals surface area (Å²) < 4.78 is 1.77. The zero-order valence-corrected chi connectivity index (χ0v) is 9.80. The van der Waals surface area contributed by atoms with Crippen LogP contribution in [-0.4, -0.2) is 20.0 Å². The van der Waals surface area contributed by atoms with E-state index in [0.717, 1.165) is 16.4 Å². The molecule has 0 aliphatic heterocycles. The average Bonchev–Trinajstić information content (AvgIpc) is 2.65. The van der Waals surface area contributed by atoms with Crippen LogP contribution < -0.4 is 5.73 Å². The second-order valence-corrected chi connectivity index (χ2v) is 4.75. The quantitative estimate of drug-likeness (QED) is 0.833. The van der Waals surface area contributed by atoms with Crippen LogP contribution in [0.2, 0.25) is 0 Å². The molecular weight excluding hydrogens is 210 g/mol. The zero-order valence-electron chi connectivity index (χ0n) is 8.98. The van der Waals surface area contributed by atoms with Crippen LogP contribution in [0.5, 0.6) is 0 Å². The molecule has 0 atom stereocenters. The van der Waals surface area contributed by atoms with E-state index in [-0.39, 0.29) is 0 Å². The molecule has 80 valence electrons. The lowest BCUT2D eigenvalue weighted by atomic mass is 10.4. The van der Waals surface area contributed by atoms with Gasteiger partial charge in [0.2, 0.25) is 0 Å². The van der Waals surface area contributed by atoms with Gasteiger partial charge in [-0.2, -0.15) is 0 Å². The summed E-state index contributed by atoms with van der Waals surface area (Å²) >= 11 is 1.69. The predicted octanol–water partition coefficient (Wildman–Crippen LogP) is 1.29. The molecular formula is C9H13N5S. The number of nitrogens with two attached hydrogens (primary N) is 1. The van der Waals surface area contributed by atoms with Gasteiger partial charge in [0, 0.05) is 4.88 Å². The normalized spacial score (nSPS) is 10.9. The third-order valence-electron chi connectivity index (χ3n) is 2.38. The zero-order chi connectivity index (χ0) is 11.0. The molecule has 0 aliphatic carbocycles. The molecule has 2 N–H and O–H groups in total. The molecule has 0 spiro atoms. The maximum atomic E-state index is 5.62. The molecule has 15 heavy (non-hydrogen) atoms. The van der Waals surface area contributed by atoms with Gasteiger partial charge >= 0.3 is 0 Å². The molecule has 6 heteroatoms. The van der Waals surface area contributed by atoms with E-state index in [9.17, 15) is 0 Å². The van der Waals surface area contributed by atoms with Crippen molar-refractivity contribution >= 4 is 17.2 Å². The van der Waals surface area contributed by atoms with Gasteiger partial charge in [-0.1, -0.05) is 5.21 Å². The number of thiazole rings is 1. The Morgan fingerprint density at radius 1 is 1.33 bits per heavy atom. The highest BCUT2D eigenvalue weighted by Crippen LogP contribution is 2.18. The highest BCUT2D eigenvalue weighted by atomic mass is 32.1. The summed E-state index contributed by atoms with van der Waals surface area (Å²) in [6.45, 7) is 6.63. The Morgan fingerprint density at radius 2 is 2.07 bits per heavy atom. The number of nitrogen functional groups attached to an aromatic ring is 1. The van der Waals surface area contributed by atoms with Crippen LogP contribution in [0.15, 0.2) is 0 Å². The van der Waals surface area contributed by atoms with Gasteiger partial charge in [0.05, 0.1) is 17.9 Å². The Bertz CT molecular complexity index is 465. The minimum Gasteiger partial charge on any atom is -0.381 e. The molecule has 2 aromatic heterocycles. The van der Waals surface area contributed by atoms with E-state index in [4.69, 9.17) is 5.73 Å². The largest absolute Gasteiger partial charge is 0.381 e. The summed E-state index contributed by atoms with van der Waals surface area (Å²) in [5.74, 6) is 0.486. The van der Waals surface area contributed by atoms with Gasteiger partial charge in [0.25, 0.3) is 0 Å². The molecule has 2 rings (SSSR count). The van der Waals surface area contributed by atoms with Crippen LogP contribution in [0, 0.1) is 20.8 Å². The minimum atomic E-state index is 0.486. The summed E-state index contributed by atoms with van der Waals surface area (Å²) in [6.07, 6.45) is 0. The van der Waals surface area contributed by atoms with E-state index in [1.165, 1.54) is 4.88 Å². The standard InChI is InChI=1S/C9H13N5S/c1-5-7(3)15-8(11-5)4-14-6(2)9(10)12-13-14/h4,10H2,1-3H3. The van der Waals surface area contributed by atoms with Crippen molar-refractivity contribution in [1.29, 1.82) is 0 Å². The van der Waals surface area contributed by atoms with Crippen molar-refractivity contribution in [3.05, 3.63) is 21.3 Å². The van der Waals surface area contributed by atoms with Gasteiger partial charge in [-0.15, -0.1) is 16.4 Å². The molecule has 2 aromatic rings. The summed E-state index contributed by atoms with van der Waals surface area (Å²) in [5.41, 5.74) is 7.59. The maximum absolute atomic E-state index is 5.62. The summed E-state index contributed by atoms with van der Waals surface area (Å²) in [5, 5.41) is 8.81. The number of rotatable bonds is 2. The summed E-state index contributed by atoms with van der Waals surface area (Å²) in [4.78, 5) is 5.69. The second-order valence-electron chi connectivity index (χ2n) is 3.47. The van der Waals surface area contributed by atoms with E-state index in [1.807, 2.05) is 13.8 Å². The first-order chi connectivity index (χ1) is 7.08. The van der Waals surface area contributed by atoms with Gasteiger partial charge in [-0.3, -0.25) is 0 Å². The van der Waals surface area contributed by atoms with Crippen LogP contribution in [0.1, 0.15) is 21.3 Å². The Labute approximate surface area is 91.9 Å². The smallest absolute Gasteiger partial charge is 0.168 e. The van der Waals surface area contributed by atoms with E-state index >= 15 is 0 Å². The first kappa shape index (κ1) is 10.1. The fourth-order valence-corrected chi connectivity index (χ4v) is 2.18. The number of nitrogens with zero attached hydrogens (tertiary/aromatic N) is 4. The highest BCUT2D eigenvalue weighted by Gasteiger charge is 2.08. The van der Waals surface area contributed by atoms with Crippen LogP contribution in [0.3, 0.4) is 0 Å². The molecule has 0 saturated heterocycles. The SMILES string of the molecule is Cc1nc(Cn2nnc(N)c2C)sc1C. The highest BCUT2D eigenvalue weighted by molar-refractivity contribution is 7.11. The van der Waals surface area contributed by atoms with Crippen molar-refractivity contribution < 1.29 is 0 Å². The Hall–Kier alpha value is -1.43. The van der Waals surface area contributed by atoms with Crippen molar-refractivity contribution in [3.63, 3.8) is 0 Å². The number of anilines is 1. The van der Waals surface area contributed by atoms with Gasteiger partial charge in [0.15, 0.2) is 5.82 Å². The predicted molar refractivity (Wildman–Crippen MR) is 59.9 cm³/mol. The maximum Gasteiger partial charge on any atom is 0.168 e. The monoisotopic (exact) mass is 223 g/mol. The first-order valence-corrected chi connectivity index (χ1v) is 5.48. The van der Waals surface area contributed by atoms with Crippen LogP contribution >= 0.6 is 11.3 Å². The minimum absolute atomic E-state index is 0.486. The molecule has 2 heterocycles. The van der Waals surface area contributed by atoms with E-state index in [0.29, 0.717) is 12.4 Å². The molecule has 5 nitrogen and oxygen atoms in total. The topological polar surface area (TPSA) is 69.6 Å². The number of hydrogen-bond acceptors (Lipinski definition) is 5. The first-order valence-electron chi connectivity index (χ1n) is 4.66. The lowest BCUT2D eigenvalue weighted by molar-refractivity contribution is 0.630. The summed E-state index contributed by atoms with van der Waals surface area (Å²) in [6, 6.07) is 0. The molecule has 0 aromatic carbocycles. The van der Waals surface area contributed by atoms with Crippen molar-refractivity contribution in [1.82, 2.24) is 20.0 Å². The van der Waals surface area contributed by atoms with Crippen molar-refractivity contribution in [2.45, 2.75) is 27.3 Å². The third kappa shape index (κ3) is 1.85. The van der Waals surface area contributed by atoms with Crippen LogP contribution in [0.4, 0.5) is 5.82 Å². The molecule has 0 bridgehead atoms. The van der Waals surface area contributed by atoms with E-state index < -0.39 is 0 Å². The van der Waals surface area contributed by atoms with Crippen molar-refractivity contribution in [2.24, 2.45) is 0 Å². The molecule has 0 aliphatic rings. The van der Waals surface area contributed by atoms with E-state index in [2.05, 4.69) is 22.2 Å².